The summed E-state index contributed by atoms with van der Waals surface area (Å²) in [4.78, 5) is 0. The second-order valence-corrected chi connectivity index (χ2v) is 4.55. The summed E-state index contributed by atoms with van der Waals surface area (Å²) in [6.45, 7) is 9.71. The van der Waals surface area contributed by atoms with E-state index >= 15 is 0 Å². The molecule has 1 rings (SSSR count). The smallest absolute Gasteiger partial charge is 0.0779 e. The minimum atomic E-state index is -0.289. The lowest BCUT2D eigenvalue weighted by molar-refractivity contribution is -0.0288. The fourth-order valence-corrected chi connectivity index (χ4v) is 1.66. The number of hydrogen-bond acceptors (Lipinski definition) is 3. The minimum absolute atomic E-state index is 0.0121. The van der Waals surface area contributed by atoms with Crippen molar-refractivity contribution in [3.05, 3.63) is 18.0 Å². The van der Waals surface area contributed by atoms with E-state index in [2.05, 4.69) is 12.0 Å². The number of hydrogen-bond donors (Lipinski definition) is 1. The van der Waals surface area contributed by atoms with Crippen LogP contribution in [0.1, 0.15) is 33.3 Å². The number of nitrogens with zero attached hydrogens (tertiary/aromatic N) is 2. The first kappa shape index (κ1) is 13.2. The van der Waals surface area contributed by atoms with Crippen molar-refractivity contribution in [1.82, 2.24) is 9.78 Å². The van der Waals surface area contributed by atoms with Crippen LogP contribution in [0.2, 0.25) is 0 Å². The summed E-state index contributed by atoms with van der Waals surface area (Å²) in [5.74, 6) is 0. The average Bonchev–Trinajstić information content (AvgIpc) is 2.65. The molecule has 1 unspecified atom stereocenters. The summed E-state index contributed by atoms with van der Waals surface area (Å²) in [5, 5.41) is 4.24. The highest BCUT2D eigenvalue weighted by Gasteiger charge is 2.27. The van der Waals surface area contributed by atoms with Crippen molar-refractivity contribution in [2.45, 2.75) is 52.3 Å². The molecule has 0 bridgehead atoms. The molecule has 16 heavy (non-hydrogen) atoms. The van der Waals surface area contributed by atoms with Crippen LogP contribution in [-0.2, 0) is 17.7 Å². The van der Waals surface area contributed by atoms with Gasteiger partial charge in [0, 0.05) is 25.4 Å². The highest BCUT2D eigenvalue weighted by Crippen LogP contribution is 2.16. The Labute approximate surface area is 97.8 Å². The van der Waals surface area contributed by atoms with Gasteiger partial charge in [-0.25, -0.2) is 0 Å². The van der Waals surface area contributed by atoms with Crippen LogP contribution in [0, 0.1) is 0 Å². The molecule has 1 aromatic heterocycles. The van der Waals surface area contributed by atoms with Gasteiger partial charge in [-0.3, -0.25) is 4.68 Å². The van der Waals surface area contributed by atoms with Crippen LogP contribution in [0.25, 0.3) is 0 Å². The number of rotatable bonds is 6. The number of ether oxygens (including phenoxy) is 1. The Balaban J connectivity index is 2.59. The highest BCUT2D eigenvalue weighted by atomic mass is 16.5. The number of nitrogens with two attached hydrogens (primary N) is 1. The zero-order valence-electron chi connectivity index (χ0n) is 10.7. The summed E-state index contributed by atoms with van der Waals surface area (Å²) in [5.41, 5.74) is 7.04. The van der Waals surface area contributed by atoms with Gasteiger partial charge in [0.1, 0.15) is 0 Å². The quantitative estimate of drug-likeness (QED) is 0.800. The summed E-state index contributed by atoms with van der Waals surface area (Å²) in [6, 6.07) is -0.0121. The molecule has 4 heteroatoms. The van der Waals surface area contributed by atoms with Crippen LogP contribution < -0.4 is 5.73 Å². The van der Waals surface area contributed by atoms with E-state index < -0.39 is 0 Å². The lowest BCUT2D eigenvalue weighted by Gasteiger charge is -2.31. The number of aromatic nitrogens is 2. The molecule has 2 N–H and O–H groups in total. The second kappa shape index (κ2) is 5.46. The van der Waals surface area contributed by atoms with E-state index in [1.54, 1.807) is 0 Å². The van der Waals surface area contributed by atoms with Crippen LogP contribution in [0.3, 0.4) is 0 Å². The summed E-state index contributed by atoms with van der Waals surface area (Å²) in [7, 11) is 0. The second-order valence-electron chi connectivity index (χ2n) is 4.55. The fourth-order valence-electron chi connectivity index (χ4n) is 1.66. The van der Waals surface area contributed by atoms with Gasteiger partial charge in [0.25, 0.3) is 0 Å². The molecule has 0 aromatic carbocycles. The van der Waals surface area contributed by atoms with Gasteiger partial charge >= 0.3 is 0 Å². The van der Waals surface area contributed by atoms with Crippen molar-refractivity contribution in [3.63, 3.8) is 0 Å². The predicted molar refractivity (Wildman–Crippen MR) is 65.3 cm³/mol. The third-order valence-corrected chi connectivity index (χ3v) is 2.88. The Morgan fingerprint density at radius 2 is 2.19 bits per heavy atom. The van der Waals surface area contributed by atoms with E-state index in [4.69, 9.17) is 10.5 Å². The molecule has 1 heterocycles. The van der Waals surface area contributed by atoms with E-state index in [0.29, 0.717) is 6.61 Å². The average molecular weight is 225 g/mol. The molecular weight excluding hydrogens is 202 g/mol. The van der Waals surface area contributed by atoms with Crippen LogP contribution >= 0.6 is 0 Å². The molecule has 0 aliphatic rings. The zero-order valence-corrected chi connectivity index (χ0v) is 10.7. The number of aryl methyl sites for hydroxylation is 1. The molecule has 1 aromatic rings. The molecule has 0 aliphatic carbocycles. The monoisotopic (exact) mass is 225 g/mol. The van der Waals surface area contributed by atoms with Crippen molar-refractivity contribution in [3.8, 4) is 0 Å². The standard InChI is InChI=1S/C12H23N3O/c1-5-15-9-10(8-14-15)7-11(13)12(3,4)16-6-2/h8-9,11H,5-7,13H2,1-4H3. The van der Waals surface area contributed by atoms with Gasteiger partial charge in [-0.2, -0.15) is 5.10 Å². The normalized spacial score (nSPS) is 14.1. The molecule has 0 radical (unpaired) electrons. The van der Waals surface area contributed by atoms with E-state index in [0.717, 1.165) is 13.0 Å². The molecule has 0 aliphatic heterocycles. The van der Waals surface area contributed by atoms with Gasteiger partial charge < -0.3 is 10.5 Å². The van der Waals surface area contributed by atoms with E-state index in [1.165, 1.54) is 5.56 Å². The molecule has 92 valence electrons. The minimum Gasteiger partial charge on any atom is -0.374 e. The summed E-state index contributed by atoms with van der Waals surface area (Å²) >= 11 is 0. The molecule has 0 amide bonds. The third-order valence-electron chi connectivity index (χ3n) is 2.88. The largest absolute Gasteiger partial charge is 0.374 e. The van der Waals surface area contributed by atoms with E-state index in [9.17, 15) is 0 Å². The zero-order chi connectivity index (χ0) is 12.2. The fraction of sp³-hybridized carbons (Fsp3) is 0.750. The maximum Gasteiger partial charge on any atom is 0.0779 e. The van der Waals surface area contributed by atoms with Crippen LogP contribution in [0.5, 0.6) is 0 Å². The molecule has 0 spiro atoms. The Morgan fingerprint density at radius 3 is 2.69 bits per heavy atom. The maximum atomic E-state index is 6.16. The highest BCUT2D eigenvalue weighted by molar-refractivity contribution is 5.08. The van der Waals surface area contributed by atoms with E-state index in [1.807, 2.05) is 37.8 Å². The van der Waals surface area contributed by atoms with Crippen molar-refractivity contribution in [2.24, 2.45) is 5.73 Å². The molecule has 0 saturated heterocycles. The van der Waals surface area contributed by atoms with Gasteiger partial charge in [0.15, 0.2) is 0 Å². The van der Waals surface area contributed by atoms with Crippen molar-refractivity contribution < 1.29 is 4.74 Å². The molecule has 0 saturated carbocycles. The Kier molecular flexibility index (Phi) is 4.50. The molecule has 1 atom stereocenters. The van der Waals surface area contributed by atoms with Crippen LogP contribution in [0.15, 0.2) is 12.4 Å². The van der Waals surface area contributed by atoms with Gasteiger partial charge in [0.05, 0.1) is 11.8 Å². The maximum absolute atomic E-state index is 6.16. The van der Waals surface area contributed by atoms with Crippen molar-refractivity contribution >= 4 is 0 Å². The molecular formula is C12H23N3O. The van der Waals surface area contributed by atoms with Gasteiger partial charge in [-0.05, 0) is 39.7 Å². The third kappa shape index (κ3) is 3.32. The van der Waals surface area contributed by atoms with Crippen LogP contribution in [-0.4, -0.2) is 28.0 Å². The van der Waals surface area contributed by atoms with Crippen molar-refractivity contribution in [2.75, 3.05) is 6.61 Å². The first-order valence-electron chi connectivity index (χ1n) is 5.90. The first-order chi connectivity index (χ1) is 7.49. The summed E-state index contributed by atoms with van der Waals surface area (Å²) < 4.78 is 7.56. The van der Waals surface area contributed by atoms with Crippen LogP contribution in [0.4, 0.5) is 0 Å². The first-order valence-corrected chi connectivity index (χ1v) is 5.90. The molecule has 0 fully saturated rings. The molecule has 4 nitrogen and oxygen atoms in total. The summed E-state index contributed by atoms with van der Waals surface area (Å²) in [6.07, 6.45) is 4.72. The van der Waals surface area contributed by atoms with Crippen molar-refractivity contribution in [1.29, 1.82) is 0 Å². The SMILES string of the molecule is CCOC(C)(C)C(N)Cc1cnn(CC)c1. The lowest BCUT2D eigenvalue weighted by atomic mass is 9.94. The Morgan fingerprint density at radius 1 is 1.50 bits per heavy atom. The van der Waals surface area contributed by atoms with Gasteiger partial charge in [-0.1, -0.05) is 0 Å². The van der Waals surface area contributed by atoms with Gasteiger partial charge in [-0.15, -0.1) is 0 Å². The lowest BCUT2D eigenvalue weighted by Crippen LogP contribution is -2.46. The predicted octanol–water partition coefficient (Wildman–Crippen LogP) is 1.59. The Hall–Kier alpha value is -0.870. The van der Waals surface area contributed by atoms with E-state index in [-0.39, 0.29) is 11.6 Å². The Bertz CT molecular complexity index is 320. The van der Waals surface area contributed by atoms with Gasteiger partial charge in [0.2, 0.25) is 0 Å². The topological polar surface area (TPSA) is 53.1 Å².